The van der Waals surface area contributed by atoms with Gasteiger partial charge in [-0.3, -0.25) is 4.21 Å². The van der Waals surface area contributed by atoms with Crippen LogP contribution in [0.25, 0.3) is 0 Å². The number of benzene rings is 1. The molecule has 0 bridgehead atoms. The number of anilines is 1. The lowest BCUT2D eigenvalue weighted by molar-refractivity contribution is 0.0697. The second kappa shape index (κ2) is 7.64. The van der Waals surface area contributed by atoms with Gasteiger partial charge in [0.25, 0.3) is 0 Å². The van der Waals surface area contributed by atoms with Crippen molar-refractivity contribution in [1.82, 2.24) is 5.32 Å². The van der Waals surface area contributed by atoms with E-state index in [0.29, 0.717) is 24.4 Å². The van der Waals surface area contributed by atoms with Gasteiger partial charge in [0.15, 0.2) is 0 Å². The number of carboxylic acids is 1. The molecule has 0 saturated heterocycles. The molecule has 1 atom stereocenters. The minimum absolute atomic E-state index is 0.118. The highest BCUT2D eigenvalue weighted by molar-refractivity contribution is 7.84. The van der Waals surface area contributed by atoms with E-state index in [0.717, 1.165) is 5.56 Å². The van der Waals surface area contributed by atoms with Gasteiger partial charge >= 0.3 is 12.0 Å². The monoisotopic (exact) mass is 298 g/mol. The molecule has 7 heteroatoms. The highest BCUT2D eigenvalue weighted by atomic mass is 32.2. The van der Waals surface area contributed by atoms with Crippen molar-refractivity contribution in [3.63, 3.8) is 0 Å². The minimum atomic E-state index is -1.04. The summed E-state index contributed by atoms with van der Waals surface area (Å²) in [7, 11) is -0.867. The van der Waals surface area contributed by atoms with E-state index in [1.807, 2.05) is 0 Å². The van der Waals surface area contributed by atoms with Gasteiger partial charge in [0, 0.05) is 35.0 Å². The molecule has 3 N–H and O–H groups in total. The average Bonchev–Trinajstić information content (AvgIpc) is 2.37. The van der Waals surface area contributed by atoms with Crippen LogP contribution in [0.2, 0.25) is 0 Å². The number of aryl methyl sites for hydroxylation is 1. The number of carboxylic acid groups (broad SMARTS) is 1. The Morgan fingerprint density at radius 2 is 2.05 bits per heavy atom. The number of aromatic carboxylic acids is 1. The molecule has 0 heterocycles. The number of amides is 2. The van der Waals surface area contributed by atoms with Crippen molar-refractivity contribution < 1.29 is 18.9 Å². The predicted octanol–water partition coefficient (Wildman–Crippen LogP) is 1.58. The summed E-state index contributed by atoms with van der Waals surface area (Å²) in [6.07, 6.45) is 2.24. The first kappa shape index (κ1) is 16.2. The van der Waals surface area contributed by atoms with Crippen LogP contribution in [0.5, 0.6) is 0 Å². The van der Waals surface area contributed by atoms with Crippen LogP contribution in [0.3, 0.4) is 0 Å². The van der Waals surface area contributed by atoms with E-state index in [-0.39, 0.29) is 5.56 Å². The molecule has 110 valence electrons. The SMILES string of the molecule is Cc1ccc(C(=O)O)cc1NC(=O)NCCCS(C)=O. The van der Waals surface area contributed by atoms with Crippen LogP contribution in [0, 0.1) is 6.92 Å². The van der Waals surface area contributed by atoms with Crippen LogP contribution < -0.4 is 10.6 Å². The largest absolute Gasteiger partial charge is 0.478 e. The third-order valence-corrected chi connectivity index (χ3v) is 3.49. The van der Waals surface area contributed by atoms with Crippen LogP contribution in [-0.4, -0.2) is 39.9 Å². The van der Waals surface area contributed by atoms with Crippen molar-refractivity contribution >= 4 is 28.5 Å². The summed E-state index contributed by atoms with van der Waals surface area (Å²) < 4.78 is 10.9. The van der Waals surface area contributed by atoms with Gasteiger partial charge in [-0.15, -0.1) is 0 Å². The highest BCUT2D eigenvalue weighted by Crippen LogP contribution is 2.16. The molecule has 6 nitrogen and oxygen atoms in total. The third kappa shape index (κ3) is 5.40. The van der Waals surface area contributed by atoms with E-state index in [4.69, 9.17) is 5.11 Å². The molecule has 0 aliphatic rings. The minimum Gasteiger partial charge on any atom is -0.478 e. The number of hydrogen-bond acceptors (Lipinski definition) is 3. The predicted molar refractivity (Wildman–Crippen MR) is 78.7 cm³/mol. The van der Waals surface area contributed by atoms with Crippen LogP contribution in [0.1, 0.15) is 22.3 Å². The Kier molecular flexibility index (Phi) is 6.17. The van der Waals surface area contributed by atoms with Gasteiger partial charge in [-0.2, -0.15) is 0 Å². The summed E-state index contributed by atoms with van der Waals surface area (Å²) in [5.74, 6) is -0.507. The lowest BCUT2D eigenvalue weighted by atomic mass is 10.1. The van der Waals surface area contributed by atoms with Gasteiger partial charge < -0.3 is 15.7 Å². The van der Waals surface area contributed by atoms with Crippen molar-refractivity contribution in [3.05, 3.63) is 29.3 Å². The first-order chi connectivity index (χ1) is 9.40. The van der Waals surface area contributed by atoms with Crippen LogP contribution >= 0.6 is 0 Å². The summed E-state index contributed by atoms with van der Waals surface area (Å²) in [6.45, 7) is 2.20. The molecule has 1 rings (SSSR count). The number of urea groups is 1. The fourth-order valence-corrected chi connectivity index (χ4v) is 2.08. The lowest BCUT2D eigenvalue weighted by Crippen LogP contribution is -2.30. The van der Waals surface area contributed by atoms with Gasteiger partial charge in [-0.25, -0.2) is 9.59 Å². The number of carbonyl (C=O) groups is 2. The third-order valence-electron chi connectivity index (χ3n) is 2.63. The number of hydrogen-bond donors (Lipinski definition) is 3. The maximum absolute atomic E-state index is 11.6. The Labute approximate surface area is 120 Å². The molecule has 1 aromatic rings. The van der Waals surface area contributed by atoms with Gasteiger partial charge in [-0.1, -0.05) is 6.07 Å². The molecule has 0 saturated carbocycles. The molecule has 20 heavy (non-hydrogen) atoms. The van der Waals surface area contributed by atoms with Gasteiger partial charge in [0.2, 0.25) is 0 Å². The molecular formula is C13H18N2O4S. The van der Waals surface area contributed by atoms with E-state index >= 15 is 0 Å². The van der Waals surface area contributed by atoms with Gasteiger partial charge in [-0.05, 0) is 31.0 Å². The zero-order valence-corrected chi connectivity index (χ0v) is 12.3. The molecule has 0 aliphatic heterocycles. The second-order valence-corrected chi connectivity index (χ2v) is 5.90. The second-order valence-electron chi connectivity index (χ2n) is 4.35. The van der Waals surface area contributed by atoms with Crippen LogP contribution in [0.4, 0.5) is 10.5 Å². The Bertz CT molecular complexity index is 531. The Balaban J connectivity index is 2.55. The topological polar surface area (TPSA) is 95.5 Å². The molecule has 0 aromatic heterocycles. The smallest absolute Gasteiger partial charge is 0.335 e. The zero-order chi connectivity index (χ0) is 15.1. The molecule has 1 aromatic carbocycles. The van der Waals surface area contributed by atoms with Crippen molar-refractivity contribution in [2.75, 3.05) is 23.9 Å². The summed E-state index contributed by atoms with van der Waals surface area (Å²) in [5, 5.41) is 14.1. The molecule has 1 unspecified atom stereocenters. The van der Waals surface area contributed by atoms with Gasteiger partial charge in [0.1, 0.15) is 0 Å². The van der Waals surface area contributed by atoms with E-state index in [9.17, 15) is 13.8 Å². The van der Waals surface area contributed by atoms with E-state index < -0.39 is 22.8 Å². The van der Waals surface area contributed by atoms with E-state index in [1.165, 1.54) is 12.1 Å². The van der Waals surface area contributed by atoms with Crippen LogP contribution in [0.15, 0.2) is 18.2 Å². The Morgan fingerprint density at radius 3 is 2.65 bits per heavy atom. The Morgan fingerprint density at radius 1 is 1.35 bits per heavy atom. The van der Waals surface area contributed by atoms with Crippen molar-refractivity contribution in [2.45, 2.75) is 13.3 Å². The van der Waals surface area contributed by atoms with Crippen molar-refractivity contribution in [2.24, 2.45) is 0 Å². The first-order valence-corrected chi connectivity index (χ1v) is 7.81. The van der Waals surface area contributed by atoms with E-state index in [1.54, 1.807) is 19.2 Å². The summed E-state index contributed by atoms with van der Waals surface area (Å²) >= 11 is 0. The fraction of sp³-hybridized carbons (Fsp3) is 0.385. The number of carbonyl (C=O) groups excluding carboxylic acids is 1. The maximum atomic E-state index is 11.6. The van der Waals surface area contributed by atoms with Crippen LogP contribution in [-0.2, 0) is 10.8 Å². The fourth-order valence-electron chi connectivity index (χ4n) is 1.53. The standard InChI is InChI=1S/C13H18N2O4S/c1-9-4-5-10(12(16)17)8-11(9)15-13(18)14-6-3-7-20(2)19/h4-5,8H,3,6-7H2,1-2H3,(H,16,17)(H2,14,15,18). The van der Waals surface area contributed by atoms with Crippen molar-refractivity contribution in [1.29, 1.82) is 0 Å². The quantitative estimate of drug-likeness (QED) is 0.695. The molecule has 0 spiro atoms. The number of nitrogens with one attached hydrogen (secondary N) is 2. The maximum Gasteiger partial charge on any atom is 0.335 e. The highest BCUT2D eigenvalue weighted by Gasteiger charge is 2.08. The summed E-state index contributed by atoms with van der Waals surface area (Å²) in [6, 6.07) is 4.13. The zero-order valence-electron chi connectivity index (χ0n) is 11.4. The van der Waals surface area contributed by atoms with Crippen molar-refractivity contribution in [3.8, 4) is 0 Å². The molecule has 0 aliphatic carbocycles. The number of rotatable bonds is 6. The molecule has 0 fully saturated rings. The average molecular weight is 298 g/mol. The lowest BCUT2D eigenvalue weighted by Gasteiger charge is -2.10. The first-order valence-electron chi connectivity index (χ1n) is 6.09. The molecule has 2 amide bonds. The summed E-state index contributed by atoms with van der Waals surface area (Å²) in [5.41, 5.74) is 1.36. The molecule has 0 radical (unpaired) electrons. The van der Waals surface area contributed by atoms with E-state index in [2.05, 4.69) is 10.6 Å². The summed E-state index contributed by atoms with van der Waals surface area (Å²) in [4.78, 5) is 22.5. The molecular weight excluding hydrogens is 280 g/mol. The Hall–Kier alpha value is -1.89. The normalized spacial score (nSPS) is 11.7. The van der Waals surface area contributed by atoms with Gasteiger partial charge in [0.05, 0.1) is 5.56 Å².